The third-order valence-corrected chi connectivity index (χ3v) is 0.719. The van der Waals surface area contributed by atoms with E-state index in [2.05, 4.69) is 0 Å². The minimum absolute atomic E-state index is 0. The van der Waals surface area contributed by atoms with Crippen LogP contribution in [0.2, 0.25) is 0 Å². The normalized spacial score (nSPS) is 13.2. The van der Waals surface area contributed by atoms with E-state index in [1.165, 1.54) is 0 Å². The molecule has 0 fully saturated rings. The summed E-state index contributed by atoms with van der Waals surface area (Å²) in [5.74, 6) is -3.44. The van der Waals surface area contributed by atoms with Crippen molar-refractivity contribution in [2.24, 2.45) is 0 Å². The number of carboxylic acid groups (broad SMARTS) is 1. The molecule has 0 saturated heterocycles. The van der Waals surface area contributed by atoms with Gasteiger partial charge in [0, 0.05) is 0 Å². The molecule has 0 aromatic carbocycles. The van der Waals surface area contributed by atoms with Gasteiger partial charge in [-0.3, -0.25) is 0 Å². The molecule has 4 nitrogen and oxygen atoms in total. The zero-order valence-electron chi connectivity index (χ0n) is 7.28. The van der Waals surface area contributed by atoms with Crippen molar-refractivity contribution in [3.8, 4) is 0 Å². The standard InChI is InChI=1S/C4HF7O4.K/c5-2(6,1(12)13)14-4(10,11)15-3(7,8)9;/h(H,12,13);/q;+1/p-1. The molecule has 0 amide bonds. The zero-order chi connectivity index (χ0) is 12.5. The summed E-state index contributed by atoms with van der Waals surface area (Å²) in [7, 11) is 0. The number of rotatable bonds is 4. The predicted molar refractivity (Wildman–Crippen MR) is 23.1 cm³/mol. The minimum atomic E-state index is -5.98. The Bertz CT molecular complexity index is 251. The topological polar surface area (TPSA) is 58.6 Å². The van der Waals surface area contributed by atoms with Crippen molar-refractivity contribution in [3.05, 3.63) is 0 Å². The van der Waals surface area contributed by atoms with Gasteiger partial charge in [0.25, 0.3) is 0 Å². The molecule has 0 aliphatic heterocycles. The van der Waals surface area contributed by atoms with E-state index in [0.717, 1.165) is 0 Å². The first kappa shape index (κ1) is 18.9. The van der Waals surface area contributed by atoms with Crippen LogP contribution in [0.4, 0.5) is 30.7 Å². The van der Waals surface area contributed by atoms with Crippen LogP contribution >= 0.6 is 0 Å². The Hall–Kier alpha value is 0.536. The van der Waals surface area contributed by atoms with Gasteiger partial charge in [-0.2, -0.15) is 13.5 Å². The van der Waals surface area contributed by atoms with Crippen LogP contribution in [0, 0.1) is 0 Å². The molecule has 0 aromatic heterocycles. The third-order valence-electron chi connectivity index (χ3n) is 0.719. The fourth-order valence-corrected chi connectivity index (χ4v) is 0.346. The number of halogens is 7. The molecule has 0 aliphatic carbocycles. The van der Waals surface area contributed by atoms with Crippen molar-refractivity contribution in [1.82, 2.24) is 0 Å². The molecule has 0 rings (SSSR count). The SMILES string of the molecule is O=C([O-])C(F)(F)OC(F)(F)OC(F)(F)F.[K+]. The molecule has 12 heteroatoms. The number of alkyl halides is 7. The molecule has 0 N–H and O–H groups in total. The van der Waals surface area contributed by atoms with Crippen molar-refractivity contribution in [3.63, 3.8) is 0 Å². The van der Waals surface area contributed by atoms with E-state index >= 15 is 0 Å². The van der Waals surface area contributed by atoms with Crippen molar-refractivity contribution in [1.29, 1.82) is 0 Å². The van der Waals surface area contributed by atoms with E-state index in [4.69, 9.17) is 0 Å². The largest absolute Gasteiger partial charge is 1.00 e. The summed E-state index contributed by atoms with van der Waals surface area (Å²) in [5, 5.41) is 9.41. The molecule has 0 radical (unpaired) electrons. The molecular formula is C4F7KO4. The zero-order valence-corrected chi connectivity index (χ0v) is 10.4. The quantitative estimate of drug-likeness (QED) is 0.324. The van der Waals surface area contributed by atoms with E-state index in [1.54, 1.807) is 4.74 Å². The van der Waals surface area contributed by atoms with E-state index in [-0.39, 0.29) is 51.4 Å². The molecule has 90 valence electrons. The molecule has 0 unspecified atom stereocenters. The van der Waals surface area contributed by atoms with Crippen molar-refractivity contribution in [2.75, 3.05) is 0 Å². The van der Waals surface area contributed by atoms with Gasteiger partial charge in [-0.15, -0.1) is 22.0 Å². The summed E-state index contributed by atoms with van der Waals surface area (Å²) in [4.78, 5) is 9.41. The van der Waals surface area contributed by atoms with Gasteiger partial charge in [-0.05, 0) is 0 Å². The van der Waals surface area contributed by atoms with Gasteiger partial charge in [0.15, 0.2) is 0 Å². The van der Waals surface area contributed by atoms with Crippen LogP contribution in [0.15, 0.2) is 0 Å². The van der Waals surface area contributed by atoms with Gasteiger partial charge < -0.3 is 9.90 Å². The molecule has 0 saturated carbocycles. The van der Waals surface area contributed by atoms with E-state index in [0.29, 0.717) is 0 Å². The average Bonchev–Trinajstić information content (AvgIpc) is 1.75. The molecule has 0 spiro atoms. The maximum Gasteiger partial charge on any atom is 1.00 e. The van der Waals surface area contributed by atoms with Gasteiger partial charge in [0.1, 0.15) is 5.97 Å². The summed E-state index contributed by atoms with van der Waals surface area (Å²) in [5.41, 5.74) is 0. The van der Waals surface area contributed by atoms with E-state index in [9.17, 15) is 40.6 Å². The second-order valence-corrected chi connectivity index (χ2v) is 1.92. The van der Waals surface area contributed by atoms with Gasteiger partial charge in [0.05, 0.1) is 0 Å². The second-order valence-electron chi connectivity index (χ2n) is 1.92. The van der Waals surface area contributed by atoms with E-state index < -0.39 is 24.7 Å². The first-order valence-corrected chi connectivity index (χ1v) is 2.80. The monoisotopic (exact) mass is 284 g/mol. The summed E-state index contributed by atoms with van der Waals surface area (Å²) in [6.45, 7) is 0. The molecule has 0 aromatic rings. The van der Waals surface area contributed by atoms with Gasteiger partial charge in [-0.1, -0.05) is 0 Å². The minimum Gasteiger partial charge on any atom is -0.542 e. The first-order chi connectivity index (χ1) is 6.36. The summed E-state index contributed by atoms with van der Waals surface area (Å²) < 4.78 is 84.5. The van der Waals surface area contributed by atoms with Gasteiger partial charge in [-0.25, -0.2) is 4.74 Å². The van der Waals surface area contributed by atoms with Crippen LogP contribution in [0.3, 0.4) is 0 Å². The molecule has 0 atom stereocenters. The van der Waals surface area contributed by atoms with Crippen LogP contribution in [0.1, 0.15) is 0 Å². The summed E-state index contributed by atoms with van der Waals surface area (Å²) in [6.07, 6.45) is -17.4. The van der Waals surface area contributed by atoms with Gasteiger partial charge in [0.2, 0.25) is 0 Å². The average molecular weight is 284 g/mol. The first-order valence-electron chi connectivity index (χ1n) is 2.80. The third kappa shape index (κ3) is 7.75. The number of aliphatic carboxylic acids is 1. The predicted octanol–water partition coefficient (Wildman–Crippen LogP) is -2.56. The molecule has 0 heterocycles. The summed E-state index contributed by atoms with van der Waals surface area (Å²) in [6, 6.07) is 0. The Morgan fingerprint density at radius 3 is 1.56 bits per heavy atom. The maximum absolute atomic E-state index is 11.8. The van der Waals surface area contributed by atoms with Crippen LogP contribution in [0.25, 0.3) is 0 Å². The Balaban J connectivity index is 0. The number of carbonyl (C=O) groups is 1. The van der Waals surface area contributed by atoms with Gasteiger partial charge >= 0.3 is 70.2 Å². The summed E-state index contributed by atoms with van der Waals surface area (Å²) >= 11 is 0. The number of carboxylic acids is 1. The Morgan fingerprint density at radius 2 is 1.31 bits per heavy atom. The number of ether oxygens (including phenoxy) is 2. The number of carbonyl (C=O) groups excluding carboxylic acids is 1. The Kier molecular flexibility index (Phi) is 7.00. The van der Waals surface area contributed by atoms with Crippen LogP contribution in [0.5, 0.6) is 0 Å². The van der Waals surface area contributed by atoms with Crippen LogP contribution in [-0.2, 0) is 14.3 Å². The maximum atomic E-state index is 11.8. The number of hydrogen-bond acceptors (Lipinski definition) is 4. The van der Waals surface area contributed by atoms with Crippen molar-refractivity contribution in [2.45, 2.75) is 18.8 Å². The smallest absolute Gasteiger partial charge is 0.542 e. The molecular weight excluding hydrogens is 284 g/mol. The van der Waals surface area contributed by atoms with Crippen molar-refractivity contribution >= 4 is 5.97 Å². The molecule has 16 heavy (non-hydrogen) atoms. The Labute approximate surface area is 125 Å². The fourth-order valence-electron chi connectivity index (χ4n) is 0.346. The molecule has 0 bridgehead atoms. The fraction of sp³-hybridized carbons (Fsp3) is 0.750. The van der Waals surface area contributed by atoms with Crippen LogP contribution < -0.4 is 56.5 Å². The molecule has 0 aliphatic rings. The van der Waals surface area contributed by atoms with Crippen LogP contribution in [-0.4, -0.2) is 24.7 Å². The van der Waals surface area contributed by atoms with Crippen molar-refractivity contribution < 1.29 is 101 Å². The van der Waals surface area contributed by atoms with E-state index in [1.807, 2.05) is 4.74 Å². The Morgan fingerprint density at radius 1 is 0.938 bits per heavy atom. The number of hydrogen-bond donors (Lipinski definition) is 0. The second kappa shape index (κ2) is 5.93.